The largest absolute Gasteiger partial charge is 0.500 e. The second kappa shape index (κ2) is 15.2. The lowest BCUT2D eigenvalue weighted by atomic mass is 9.98. The average molecular weight is 656 g/mol. The van der Waals surface area contributed by atoms with Crippen LogP contribution in [-0.2, 0) is 54.3 Å². The number of hydrogen-bond acceptors (Lipinski definition) is 11. The van der Waals surface area contributed by atoms with Crippen LogP contribution < -0.4 is 5.32 Å². The molecule has 16 nitrogen and oxygen atoms in total. The van der Waals surface area contributed by atoms with Gasteiger partial charge in [0, 0.05) is 39.5 Å². The quantitative estimate of drug-likeness (QED) is 0.0914. The second-order valence-electron chi connectivity index (χ2n) is 8.95. The third-order valence-corrected chi connectivity index (χ3v) is 11.1. The first-order valence-corrected chi connectivity index (χ1v) is 17.9. The topological polar surface area (TPSA) is 215 Å². The maximum Gasteiger partial charge on any atom is 0.500 e. The predicted molar refractivity (Wildman–Crippen MR) is 147 cm³/mol. The van der Waals surface area contributed by atoms with Gasteiger partial charge in [0.2, 0.25) is 0 Å². The Morgan fingerprint density at radius 1 is 0.976 bits per heavy atom. The van der Waals surface area contributed by atoms with Gasteiger partial charge < -0.3 is 23.3 Å². The normalized spacial score (nSPS) is 16.3. The van der Waals surface area contributed by atoms with Gasteiger partial charge in [0.05, 0.1) is 16.3 Å². The molecule has 3 amide bonds. The number of hydrogen-bond donors (Lipinski definition) is 3. The van der Waals surface area contributed by atoms with Crippen molar-refractivity contribution in [1.29, 1.82) is 0 Å². The lowest BCUT2D eigenvalue weighted by Gasteiger charge is -2.28. The molecule has 238 valence electrons. The number of carbonyl (C=O) groups is 3. The molecule has 0 spiro atoms. The summed E-state index contributed by atoms with van der Waals surface area (Å²) in [6.07, 6.45) is -0.737. The summed E-state index contributed by atoms with van der Waals surface area (Å²) in [4.78, 5) is 36.2. The van der Waals surface area contributed by atoms with Crippen LogP contribution in [0, 0.1) is 5.92 Å². The van der Waals surface area contributed by atoms with Crippen LogP contribution in [0.1, 0.15) is 32.8 Å². The van der Waals surface area contributed by atoms with Crippen molar-refractivity contribution in [3.8, 4) is 0 Å². The van der Waals surface area contributed by atoms with Gasteiger partial charge in [-0.15, -0.1) is 0 Å². The Morgan fingerprint density at radius 3 is 2.10 bits per heavy atom. The van der Waals surface area contributed by atoms with E-state index >= 15 is 0 Å². The highest BCUT2D eigenvalue weighted by atomic mass is 32.2. The number of amides is 3. The summed E-state index contributed by atoms with van der Waals surface area (Å²) in [6.45, 7) is 6.60. The van der Waals surface area contributed by atoms with Crippen LogP contribution in [0.2, 0.25) is 6.04 Å². The van der Waals surface area contributed by atoms with Crippen LogP contribution >= 0.6 is 0 Å². The molecule has 1 aliphatic heterocycles. The Bertz CT molecular complexity index is 1320. The molecular formula is C23H37N3O13S2Si. The molecule has 42 heavy (non-hydrogen) atoms. The van der Waals surface area contributed by atoms with Crippen molar-refractivity contribution in [2.24, 2.45) is 5.92 Å². The summed E-state index contributed by atoms with van der Waals surface area (Å²) in [5.74, 6) is -2.82. The molecule has 2 rings (SSSR count). The first kappa shape index (κ1) is 35.5. The van der Waals surface area contributed by atoms with Crippen LogP contribution in [0.3, 0.4) is 0 Å². The maximum atomic E-state index is 13.0. The van der Waals surface area contributed by atoms with E-state index in [1.165, 1.54) is 7.05 Å². The van der Waals surface area contributed by atoms with Gasteiger partial charge in [-0.3, -0.25) is 23.7 Å². The number of alkyl carbamates (subject to hydrolysis) is 1. The van der Waals surface area contributed by atoms with Gasteiger partial charge in [-0.05, 0) is 51.3 Å². The maximum absolute atomic E-state index is 13.0. The predicted octanol–water partition coefficient (Wildman–Crippen LogP) is 0.719. The van der Waals surface area contributed by atoms with Crippen molar-refractivity contribution in [2.45, 2.75) is 49.4 Å². The van der Waals surface area contributed by atoms with Crippen molar-refractivity contribution < 1.29 is 58.3 Å². The molecule has 0 aliphatic carbocycles. The van der Waals surface area contributed by atoms with Gasteiger partial charge in [-0.25, -0.2) is 9.80 Å². The highest BCUT2D eigenvalue weighted by Gasteiger charge is 2.44. The molecule has 1 atom stereocenters. The van der Waals surface area contributed by atoms with Crippen molar-refractivity contribution in [1.82, 2.24) is 15.3 Å². The monoisotopic (exact) mass is 655 g/mol. The van der Waals surface area contributed by atoms with Crippen molar-refractivity contribution in [3.05, 3.63) is 23.8 Å². The number of hydrazine groups is 1. The fourth-order valence-corrected chi connectivity index (χ4v) is 8.26. The fraction of sp³-hybridized carbons (Fsp3) is 0.609. The third-order valence-electron chi connectivity index (χ3n) is 6.13. The Labute approximate surface area is 246 Å². The molecule has 0 radical (unpaired) electrons. The first-order chi connectivity index (χ1) is 19.6. The molecule has 0 aromatic heterocycles. The molecule has 1 saturated heterocycles. The molecule has 1 aliphatic rings. The van der Waals surface area contributed by atoms with Crippen LogP contribution in [0.5, 0.6) is 0 Å². The Kier molecular flexibility index (Phi) is 12.9. The number of rotatable bonds is 17. The minimum absolute atomic E-state index is 0.188. The molecule has 1 unspecified atom stereocenters. The molecule has 1 heterocycles. The molecule has 19 heteroatoms. The molecule has 3 N–H and O–H groups in total. The zero-order chi connectivity index (χ0) is 31.7. The van der Waals surface area contributed by atoms with Gasteiger partial charge >= 0.3 is 14.9 Å². The van der Waals surface area contributed by atoms with Crippen LogP contribution in [0.25, 0.3) is 0 Å². The summed E-state index contributed by atoms with van der Waals surface area (Å²) in [6, 6.07) is 2.87. The molecule has 1 fully saturated rings. The van der Waals surface area contributed by atoms with Crippen LogP contribution in [0.4, 0.5) is 4.79 Å². The minimum Gasteiger partial charge on any atom is -0.448 e. The SMILES string of the molecule is CCO[Si](CCCNC(=O)OCCN1C(=O)C(Cc2ccc(S(=O)(=O)O)cc2S(=O)(=O)O)C(=O)N1C)(OCC)OCC. The zero-order valence-electron chi connectivity index (χ0n) is 23.8. The first-order valence-electron chi connectivity index (χ1n) is 13.1. The van der Waals surface area contributed by atoms with E-state index in [4.69, 9.17) is 18.0 Å². The van der Waals surface area contributed by atoms with E-state index in [1.54, 1.807) is 0 Å². The molecule has 0 bridgehead atoms. The Morgan fingerprint density at radius 2 is 1.57 bits per heavy atom. The number of benzene rings is 1. The number of nitrogens with zero attached hydrogens (tertiary/aromatic N) is 2. The van der Waals surface area contributed by atoms with Gasteiger partial charge in [-0.2, -0.15) is 16.8 Å². The van der Waals surface area contributed by atoms with Gasteiger partial charge in [0.1, 0.15) is 12.5 Å². The van der Waals surface area contributed by atoms with E-state index in [-0.39, 0.29) is 25.3 Å². The van der Waals surface area contributed by atoms with E-state index in [2.05, 4.69) is 5.32 Å². The Hall–Kier alpha value is -2.65. The number of carbonyl (C=O) groups excluding carboxylic acids is 3. The van der Waals surface area contributed by atoms with Crippen molar-refractivity contribution >= 4 is 46.9 Å². The smallest absolute Gasteiger partial charge is 0.448 e. The van der Waals surface area contributed by atoms with Crippen molar-refractivity contribution in [3.63, 3.8) is 0 Å². The zero-order valence-corrected chi connectivity index (χ0v) is 26.4. The van der Waals surface area contributed by atoms with E-state index in [0.29, 0.717) is 38.4 Å². The van der Waals surface area contributed by atoms with E-state index in [9.17, 15) is 40.3 Å². The average Bonchev–Trinajstić information content (AvgIpc) is 3.09. The van der Waals surface area contributed by atoms with Crippen LogP contribution in [0.15, 0.2) is 28.0 Å². The second-order valence-corrected chi connectivity index (χ2v) is 14.5. The number of nitrogens with one attached hydrogen (secondary N) is 1. The highest BCUT2D eigenvalue weighted by Crippen LogP contribution is 2.27. The summed E-state index contributed by atoms with van der Waals surface area (Å²) >= 11 is 0. The van der Waals surface area contributed by atoms with Crippen LogP contribution in [-0.4, -0.2) is 109 Å². The minimum atomic E-state index is -4.98. The standard InChI is InChI=1S/C23H37N3O13S2Si/c1-5-37-42(38-6-2,39-7-3)14-8-11-24-23(29)36-13-12-26-22(28)19(21(27)25(26)4)15-17-9-10-18(40(30,31)32)16-20(17)41(33,34)35/h9-10,16,19H,5-8,11-15H2,1-4H3,(H,24,29)(H,30,31,32)(H,33,34,35). The van der Waals surface area contributed by atoms with Gasteiger partial charge in [0.15, 0.2) is 0 Å². The lowest BCUT2D eigenvalue weighted by molar-refractivity contribution is -0.144. The number of ether oxygens (including phenoxy) is 1. The van der Waals surface area contributed by atoms with Crippen molar-refractivity contribution in [2.75, 3.05) is 46.6 Å². The summed E-state index contributed by atoms with van der Waals surface area (Å²) in [5.41, 5.74) is -0.215. The lowest BCUT2D eigenvalue weighted by Crippen LogP contribution is -2.46. The molecule has 1 aromatic carbocycles. The molecule has 1 aromatic rings. The van der Waals surface area contributed by atoms with E-state index < -0.39 is 69.1 Å². The molecular weight excluding hydrogens is 618 g/mol. The molecule has 0 saturated carbocycles. The summed E-state index contributed by atoms with van der Waals surface area (Å²) < 4.78 is 87.7. The van der Waals surface area contributed by atoms with Gasteiger partial charge in [-0.1, -0.05) is 6.07 Å². The van der Waals surface area contributed by atoms with E-state index in [1.807, 2.05) is 20.8 Å². The fourth-order valence-electron chi connectivity index (χ4n) is 4.31. The third kappa shape index (κ3) is 9.43. The van der Waals surface area contributed by atoms with Gasteiger partial charge in [0.25, 0.3) is 32.1 Å². The Balaban J connectivity index is 1.95. The highest BCUT2D eigenvalue weighted by molar-refractivity contribution is 7.86. The summed E-state index contributed by atoms with van der Waals surface area (Å²) in [5, 5.41) is 4.60. The van der Waals surface area contributed by atoms with E-state index in [0.717, 1.165) is 22.2 Å². The summed E-state index contributed by atoms with van der Waals surface area (Å²) in [7, 11) is -11.3.